The molecule has 2 unspecified atom stereocenters. The average molecular weight is 315 g/mol. The van der Waals surface area contributed by atoms with Crippen molar-refractivity contribution in [2.75, 3.05) is 20.3 Å². The number of carbonyl (C=O) groups is 1. The van der Waals surface area contributed by atoms with Crippen molar-refractivity contribution in [1.82, 2.24) is 10.6 Å². The van der Waals surface area contributed by atoms with Crippen molar-refractivity contribution in [2.24, 2.45) is 5.92 Å². The molecule has 1 aromatic carbocycles. The fourth-order valence-corrected chi connectivity index (χ4v) is 1.99. The third-order valence-electron chi connectivity index (χ3n) is 3.44. The molecule has 0 heterocycles. The van der Waals surface area contributed by atoms with Crippen molar-refractivity contribution in [2.45, 2.75) is 26.3 Å². The first-order valence-corrected chi connectivity index (χ1v) is 7.33. The highest BCUT2D eigenvalue weighted by atomic mass is 35.5. The summed E-state index contributed by atoms with van der Waals surface area (Å²) < 4.78 is 5.08. The Hall–Kier alpha value is -1.46. The van der Waals surface area contributed by atoms with Crippen LogP contribution in [0.3, 0.4) is 0 Å². The van der Waals surface area contributed by atoms with E-state index in [1.165, 1.54) is 0 Å². The number of carbonyl (C=O) groups excluding carboxylic acids is 1. The predicted molar refractivity (Wildman–Crippen MR) is 84.0 cm³/mol. The van der Waals surface area contributed by atoms with Crippen LogP contribution in [0.25, 0.3) is 0 Å². The van der Waals surface area contributed by atoms with E-state index in [1.807, 2.05) is 26.0 Å². The van der Waals surface area contributed by atoms with Crippen LogP contribution in [0.5, 0.6) is 5.75 Å². The van der Waals surface area contributed by atoms with Crippen molar-refractivity contribution in [3.8, 4) is 5.75 Å². The lowest BCUT2D eigenvalue weighted by molar-refractivity contribution is 0.200. The number of benzene rings is 1. The molecule has 0 aliphatic rings. The highest BCUT2D eigenvalue weighted by molar-refractivity contribution is 6.31. The lowest BCUT2D eigenvalue weighted by Crippen LogP contribution is -2.44. The monoisotopic (exact) mass is 314 g/mol. The largest absolute Gasteiger partial charge is 0.497 e. The molecule has 0 saturated heterocycles. The zero-order chi connectivity index (χ0) is 15.8. The SMILES string of the molecule is COc1ccc(CCNC(=O)NC(C)C(C)CO)c(Cl)c1. The summed E-state index contributed by atoms with van der Waals surface area (Å²) in [6.07, 6.45) is 0.639. The molecule has 118 valence electrons. The summed E-state index contributed by atoms with van der Waals surface area (Å²) in [6.45, 7) is 4.27. The number of hydrogen-bond acceptors (Lipinski definition) is 3. The molecule has 0 aliphatic carbocycles. The summed E-state index contributed by atoms with van der Waals surface area (Å²) in [7, 11) is 1.59. The van der Waals surface area contributed by atoms with Crippen LogP contribution in [-0.2, 0) is 6.42 Å². The van der Waals surface area contributed by atoms with Gasteiger partial charge in [-0.3, -0.25) is 0 Å². The molecule has 5 nitrogen and oxygen atoms in total. The maximum Gasteiger partial charge on any atom is 0.315 e. The molecule has 0 fully saturated rings. The molecular weight excluding hydrogens is 292 g/mol. The fraction of sp³-hybridized carbons (Fsp3) is 0.533. The number of rotatable bonds is 7. The van der Waals surface area contributed by atoms with Crippen LogP contribution < -0.4 is 15.4 Å². The molecule has 0 saturated carbocycles. The number of urea groups is 1. The zero-order valence-electron chi connectivity index (χ0n) is 12.6. The molecule has 2 amide bonds. The van der Waals surface area contributed by atoms with Gasteiger partial charge in [0.25, 0.3) is 0 Å². The van der Waals surface area contributed by atoms with Gasteiger partial charge in [-0.15, -0.1) is 0 Å². The zero-order valence-corrected chi connectivity index (χ0v) is 13.4. The maximum atomic E-state index is 11.7. The summed E-state index contributed by atoms with van der Waals surface area (Å²) >= 11 is 6.13. The molecule has 6 heteroatoms. The smallest absolute Gasteiger partial charge is 0.315 e. The molecule has 0 spiro atoms. The molecule has 21 heavy (non-hydrogen) atoms. The summed E-state index contributed by atoms with van der Waals surface area (Å²) in [5.41, 5.74) is 0.953. The van der Waals surface area contributed by atoms with Crippen LogP contribution in [0.15, 0.2) is 18.2 Å². The second-order valence-electron chi connectivity index (χ2n) is 5.06. The van der Waals surface area contributed by atoms with Gasteiger partial charge in [0, 0.05) is 24.2 Å². The molecule has 1 aromatic rings. The first-order chi connectivity index (χ1) is 9.97. The molecule has 3 N–H and O–H groups in total. The number of hydrogen-bond donors (Lipinski definition) is 3. The van der Waals surface area contributed by atoms with Crippen LogP contribution in [-0.4, -0.2) is 37.4 Å². The number of amides is 2. The van der Waals surface area contributed by atoms with Gasteiger partial charge in [-0.25, -0.2) is 4.79 Å². The quantitative estimate of drug-likeness (QED) is 0.722. The Kier molecular flexibility index (Phi) is 7.32. The van der Waals surface area contributed by atoms with Gasteiger partial charge >= 0.3 is 6.03 Å². The van der Waals surface area contributed by atoms with Gasteiger partial charge < -0.3 is 20.5 Å². The lowest BCUT2D eigenvalue weighted by Gasteiger charge is -2.19. The van der Waals surface area contributed by atoms with E-state index in [-0.39, 0.29) is 24.6 Å². The molecular formula is C15H23ClN2O3. The minimum absolute atomic E-state index is 0.0202. The van der Waals surface area contributed by atoms with E-state index in [1.54, 1.807) is 13.2 Å². The average Bonchev–Trinajstić information content (AvgIpc) is 2.47. The number of halogens is 1. The Morgan fingerprint density at radius 3 is 2.71 bits per heavy atom. The van der Waals surface area contributed by atoms with Gasteiger partial charge in [-0.2, -0.15) is 0 Å². The first-order valence-electron chi connectivity index (χ1n) is 6.95. The van der Waals surface area contributed by atoms with Gasteiger partial charge in [0.1, 0.15) is 5.75 Å². The topological polar surface area (TPSA) is 70.6 Å². The second kappa shape index (κ2) is 8.74. The third kappa shape index (κ3) is 5.81. The van der Waals surface area contributed by atoms with Crippen LogP contribution in [0.4, 0.5) is 4.79 Å². The van der Waals surface area contributed by atoms with Crippen molar-refractivity contribution >= 4 is 17.6 Å². The van der Waals surface area contributed by atoms with Gasteiger partial charge in [-0.05, 0) is 37.0 Å². The highest BCUT2D eigenvalue weighted by Gasteiger charge is 2.13. The Balaban J connectivity index is 2.38. The van der Waals surface area contributed by atoms with E-state index in [0.29, 0.717) is 23.7 Å². The van der Waals surface area contributed by atoms with Crippen molar-refractivity contribution in [3.05, 3.63) is 28.8 Å². The molecule has 0 bridgehead atoms. The van der Waals surface area contributed by atoms with E-state index in [0.717, 1.165) is 5.56 Å². The normalized spacial score (nSPS) is 13.4. The minimum Gasteiger partial charge on any atom is -0.497 e. The number of aliphatic hydroxyl groups is 1. The van der Waals surface area contributed by atoms with E-state index >= 15 is 0 Å². The number of nitrogens with one attached hydrogen (secondary N) is 2. The third-order valence-corrected chi connectivity index (χ3v) is 3.79. The Morgan fingerprint density at radius 1 is 1.43 bits per heavy atom. The van der Waals surface area contributed by atoms with Gasteiger partial charge in [0.15, 0.2) is 0 Å². The summed E-state index contributed by atoms with van der Waals surface area (Å²) in [5, 5.41) is 15.2. The van der Waals surface area contributed by atoms with E-state index in [2.05, 4.69) is 10.6 Å². The first kappa shape index (κ1) is 17.6. The number of methoxy groups -OCH3 is 1. The standard InChI is InChI=1S/C15H23ClN2O3/c1-10(9-19)11(2)18-15(20)17-7-6-12-4-5-13(21-3)8-14(12)16/h4-5,8,10-11,19H,6-7,9H2,1-3H3,(H2,17,18,20). The van der Waals surface area contributed by atoms with E-state index in [9.17, 15) is 4.79 Å². The van der Waals surface area contributed by atoms with Crippen LogP contribution in [0, 0.1) is 5.92 Å². The predicted octanol–water partition coefficient (Wildman–Crippen LogP) is 2.21. The van der Waals surface area contributed by atoms with Crippen molar-refractivity contribution in [3.63, 3.8) is 0 Å². The summed E-state index contributed by atoms with van der Waals surface area (Å²) in [6, 6.07) is 5.15. The van der Waals surface area contributed by atoms with E-state index in [4.69, 9.17) is 21.4 Å². The molecule has 1 rings (SSSR count). The number of ether oxygens (including phenoxy) is 1. The Morgan fingerprint density at radius 2 is 2.14 bits per heavy atom. The van der Waals surface area contributed by atoms with E-state index < -0.39 is 0 Å². The van der Waals surface area contributed by atoms with Crippen molar-refractivity contribution < 1.29 is 14.6 Å². The van der Waals surface area contributed by atoms with Gasteiger partial charge in [0.05, 0.1) is 7.11 Å². The second-order valence-corrected chi connectivity index (χ2v) is 5.46. The van der Waals surface area contributed by atoms with Crippen molar-refractivity contribution in [1.29, 1.82) is 0 Å². The summed E-state index contributed by atoms with van der Waals surface area (Å²) in [4.78, 5) is 11.7. The Labute approximate surface area is 130 Å². The van der Waals surface area contributed by atoms with Gasteiger partial charge in [-0.1, -0.05) is 24.6 Å². The van der Waals surface area contributed by atoms with Crippen LogP contribution in [0.1, 0.15) is 19.4 Å². The van der Waals surface area contributed by atoms with Crippen LogP contribution >= 0.6 is 11.6 Å². The minimum atomic E-state index is -0.243. The molecule has 2 atom stereocenters. The molecule has 0 aliphatic heterocycles. The maximum absolute atomic E-state index is 11.7. The lowest BCUT2D eigenvalue weighted by atomic mass is 10.1. The molecule has 0 aromatic heterocycles. The summed E-state index contributed by atoms with van der Waals surface area (Å²) in [5.74, 6) is 0.730. The fourth-order valence-electron chi connectivity index (χ4n) is 1.73. The molecule has 0 radical (unpaired) electrons. The Bertz CT molecular complexity index is 468. The number of aliphatic hydroxyl groups excluding tert-OH is 1. The van der Waals surface area contributed by atoms with Crippen LogP contribution in [0.2, 0.25) is 5.02 Å². The highest BCUT2D eigenvalue weighted by Crippen LogP contribution is 2.22. The van der Waals surface area contributed by atoms with Gasteiger partial charge in [0.2, 0.25) is 0 Å².